The summed E-state index contributed by atoms with van der Waals surface area (Å²) in [6, 6.07) is 5.77. The molecular formula is C14H19NO2S. The number of fused-ring (bicyclic) bond motifs is 1. The minimum Gasteiger partial charge on any atom is -0.316 e. The van der Waals surface area contributed by atoms with Crippen LogP contribution in [0.1, 0.15) is 24.0 Å². The Morgan fingerprint density at radius 3 is 3.00 bits per heavy atom. The lowest BCUT2D eigenvalue weighted by Gasteiger charge is -2.23. The molecule has 3 rings (SSSR count). The Hall–Kier alpha value is -0.870. The fraction of sp³-hybridized carbons (Fsp3) is 0.571. The van der Waals surface area contributed by atoms with Gasteiger partial charge in [0.15, 0.2) is 9.84 Å². The number of rotatable bonds is 2. The molecule has 1 aromatic carbocycles. The number of piperidine rings is 1. The Balaban J connectivity index is 1.88. The Labute approximate surface area is 109 Å². The van der Waals surface area contributed by atoms with E-state index in [0.29, 0.717) is 23.0 Å². The van der Waals surface area contributed by atoms with Gasteiger partial charge in [0.25, 0.3) is 0 Å². The largest absolute Gasteiger partial charge is 0.316 e. The van der Waals surface area contributed by atoms with Crippen molar-refractivity contribution in [2.75, 3.05) is 18.8 Å². The summed E-state index contributed by atoms with van der Waals surface area (Å²) < 4.78 is 23.8. The van der Waals surface area contributed by atoms with Crippen molar-refractivity contribution in [1.29, 1.82) is 0 Å². The second-order valence-corrected chi connectivity index (χ2v) is 7.46. The van der Waals surface area contributed by atoms with E-state index in [9.17, 15) is 8.42 Å². The number of benzene rings is 1. The Kier molecular flexibility index (Phi) is 3.16. The zero-order chi connectivity index (χ0) is 12.6. The number of sulfone groups is 1. The van der Waals surface area contributed by atoms with Gasteiger partial charge in [-0.25, -0.2) is 8.42 Å². The minimum atomic E-state index is -2.98. The van der Waals surface area contributed by atoms with Gasteiger partial charge in [-0.1, -0.05) is 12.1 Å². The molecule has 1 N–H and O–H groups in total. The van der Waals surface area contributed by atoms with Crippen LogP contribution in [0.2, 0.25) is 0 Å². The van der Waals surface area contributed by atoms with Crippen LogP contribution in [0.3, 0.4) is 0 Å². The third-order valence-corrected chi connectivity index (χ3v) is 5.89. The zero-order valence-electron chi connectivity index (χ0n) is 10.5. The summed E-state index contributed by atoms with van der Waals surface area (Å²) in [5.74, 6) is 0.955. The summed E-state index contributed by atoms with van der Waals surface area (Å²) in [6.45, 7) is 2.19. The van der Waals surface area contributed by atoms with Crippen molar-refractivity contribution in [3.05, 3.63) is 29.3 Å². The third kappa shape index (κ3) is 2.19. The van der Waals surface area contributed by atoms with E-state index in [-0.39, 0.29) is 0 Å². The van der Waals surface area contributed by atoms with Crippen LogP contribution in [0.25, 0.3) is 0 Å². The molecule has 0 saturated carbocycles. The second-order valence-electron chi connectivity index (χ2n) is 5.38. The lowest BCUT2D eigenvalue weighted by Crippen LogP contribution is -2.31. The molecular weight excluding hydrogens is 246 g/mol. The molecule has 3 nitrogen and oxygen atoms in total. The van der Waals surface area contributed by atoms with Crippen LogP contribution >= 0.6 is 0 Å². The highest BCUT2D eigenvalue weighted by Crippen LogP contribution is 2.30. The maximum atomic E-state index is 11.9. The summed E-state index contributed by atoms with van der Waals surface area (Å²) in [7, 11) is -2.98. The third-order valence-electron chi connectivity index (χ3n) is 4.09. The van der Waals surface area contributed by atoms with Crippen molar-refractivity contribution in [1.82, 2.24) is 5.32 Å². The van der Waals surface area contributed by atoms with E-state index in [0.717, 1.165) is 25.1 Å². The summed E-state index contributed by atoms with van der Waals surface area (Å²) in [5, 5.41) is 3.42. The van der Waals surface area contributed by atoms with Crippen LogP contribution in [-0.2, 0) is 22.7 Å². The minimum absolute atomic E-state index is 0.294. The number of hydrogen-bond donors (Lipinski definition) is 1. The first kappa shape index (κ1) is 12.2. The molecule has 2 aliphatic heterocycles. The first-order valence-corrected chi connectivity index (χ1v) is 8.36. The van der Waals surface area contributed by atoms with Crippen molar-refractivity contribution < 1.29 is 8.42 Å². The first-order valence-electron chi connectivity index (χ1n) is 6.71. The Morgan fingerprint density at radius 1 is 1.33 bits per heavy atom. The summed E-state index contributed by atoms with van der Waals surface area (Å²) in [6.07, 6.45) is 4.21. The fourth-order valence-corrected chi connectivity index (χ4v) is 4.72. The van der Waals surface area contributed by atoms with Gasteiger partial charge in [0.05, 0.1) is 10.6 Å². The van der Waals surface area contributed by atoms with E-state index in [4.69, 9.17) is 0 Å². The van der Waals surface area contributed by atoms with Gasteiger partial charge in [-0.15, -0.1) is 0 Å². The molecule has 1 fully saturated rings. The van der Waals surface area contributed by atoms with Crippen molar-refractivity contribution in [3.63, 3.8) is 0 Å². The molecule has 0 amide bonds. The van der Waals surface area contributed by atoms with Crippen LogP contribution in [0.15, 0.2) is 23.1 Å². The molecule has 18 heavy (non-hydrogen) atoms. The Bertz CT molecular complexity index is 545. The van der Waals surface area contributed by atoms with Crippen LogP contribution in [0.5, 0.6) is 0 Å². The van der Waals surface area contributed by atoms with E-state index < -0.39 is 9.84 Å². The van der Waals surface area contributed by atoms with E-state index in [1.165, 1.54) is 18.4 Å². The predicted molar refractivity (Wildman–Crippen MR) is 71.5 cm³/mol. The molecule has 0 aliphatic carbocycles. The second kappa shape index (κ2) is 4.67. The molecule has 0 spiro atoms. The van der Waals surface area contributed by atoms with Crippen molar-refractivity contribution in [2.24, 2.45) is 5.92 Å². The molecule has 0 aromatic heterocycles. The maximum absolute atomic E-state index is 11.9. The standard InChI is InChI=1S/C14H19NO2S/c16-18(17)8-6-13-12(4-1-5-14(13)18)9-11-3-2-7-15-10-11/h1,4-5,11,15H,2-3,6-10H2. The summed E-state index contributed by atoms with van der Waals surface area (Å²) >= 11 is 0. The molecule has 0 radical (unpaired) electrons. The number of nitrogens with one attached hydrogen (secondary N) is 1. The van der Waals surface area contributed by atoms with Gasteiger partial charge in [-0.2, -0.15) is 0 Å². The average molecular weight is 265 g/mol. The smallest absolute Gasteiger partial charge is 0.178 e. The van der Waals surface area contributed by atoms with Gasteiger partial charge in [0.2, 0.25) is 0 Å². The van der Waals surface area contributed by atoms with Crippen LogP contribution in [0, 0.1) is 5.92 Å². The van der Waals surface area contributed by atoms with E-state index in [1.54, 1.807) is 6.07 Å². The molecule has 4 heteroatoms. The maximum Gasteiger partial charge on any atom is 0.178 e. The normalized spacial score (nSPS) is 25.9. The first-order chi connectivity index (χ1) is 8.67. The van der Waals surface area contributed by atoms with Crippen LogP contribution < -0.4 is 5.32 Å². The molecule has 98 valence electrons. The highest BCUT2D eigenvalue weighted by Gasteiger charge is 2.28. The van der Waals surface area contributed by atoms with Gasteiger partial charge in [0.1, 0.15) is 0 Å². The number of hydrogen-bond acceptors (Lipinski definition) is 3. The molecule has 2 heterocycles. The van der Waals surface area contributed by atoms with Gasteiger partial charge in [-0.3, -0.25) is 0 Å². The van der Waals surface area contributed by atoms with Crippen molar-refractivity contribution >= 4 is 9.84 Å². The van der Waals surface area contributed by atoms with E-state index in [1.807, 2.05) is 6.07 Å². The fourth-order valence-electron chi connectivity index (χ4n) is 3.13. The van der Waals surface area contributed by atoms with Crippen LogP contribution in [-0.4, -0.2) is 27.3 Å². The Morgan fingerprint density at radius 2 is 2.22 bits per heavy atom. The van der Waals surface area contributed by atoms with E-state index in [2.05, 4.69) is 11.4 Å². The molecule has 2 aliphatic rings. The van der Waals surface area contributed by atoms with Gasteiger partial charge >= 0.3 is 0 Å². The average Bonchev–Trinajstić information content (AvgIpc) is 2.68. The molecule has 1 saturated heterocycles. The monoisotopic (exact) mass is 265 g/mol. The highest BCUT2D eigenvalue weighted by molar-refractivity contribution is 7.91. The van der Waals surface area contributed by atoms with Gasteiger partial charge in [-0.05, 0) is 61.9 Å². The highest BCUT2D eigenvalue weighted by atomic mass is 32.2. The predicted octanol–water partition coefficient (Wildman–Crippen LogP) is 1.56. The van der Waals surface area contributed by atoms with E-state index >= 15 is 0 Å². The van der Waals surface area contributed by atoms with Gasteiger partial charge < -0.3 is 5.32 Å². The lowest BCUT2D eigenvalue weighted by molar-refractivity contribution is 0.375. The molecule has 0 bridgehead atoms. The quantitative estimate of drug-likeness (QED) is 0.882. The van der Waals surface area contributed by atoms with Crippen LogP contribution in [0.4, 0.5) is 0 Å². The van der Waals surface area contributed by atoms with Gasteiger partial charge in [0, 0.05) is 0 Å². The molecule has 1 unspecified atom stereocenters. The summed E-state index contributed by atoms with van der Waals surface area (Å²) in [5.41, 5.74) is 2.34. The lowest BCUT2D eigenvalue weighted by atomic mass is 9.90. The van der Waals surface area contributed by atoms with Crippen molar-refractivity contribution in [2.45, 2.75) is 30.6 Å². The molecule has 1 aromatic rings. The van der Waals surface area contributed by atoms with Crippen molar-refractivity contribution in [3.8, 4) is 0 Å². The summed E-state index contributed by atoms with van der Waals surface area (Å²) in [4.78, 5) is 0.587. The molecule has 1 atom stereocenters. The SMILES string of the molecule is O=S1(=O)CCc2c(CC3CCCNC3)cccc21. The topological polar surface area (TPSA) is 46.2 Å². The zero-order valence-corrected chi connectivity index (χ0v) is 11.3.